The second kappa shape index (κ2) is 9.77. The molecule has 0 saturated heterocycles. The van der Waals surface area contributed by atoms with E-state index < -0.39 is 0 Å². The van der Waals surface area contributed by atoms with E-state index in [1.54, 1.807) is 0 Å². The molecule has 0 aromatic rings. The van der Waals surface area contributed by atoms with Gasteiger partial charge in [-0.1, -0.05) is 27.2 Å². The van der Waals surface area contributed by atoms with Gasteiger partial charge in [0.25, 0.3) is 0 Å². The van der Waals surface area contributed by atoms with Crippen molar-refractivity contribution in [1.29, 1.82) is 0 Å². The van der Waals surface area contributed by atoms with Crippen molar-refractivity contribution in [2.24, 2.45) is 5.73 Å². The molecule has 0 atom stereocenters. The maximum Gasteiger partial charge on any atom is 0.220 e. The Kier molecular flexibility index (Phi) is 9.65. The topological polar surface area (TPSA) is 55.1 Å². The predicted octanol–water partition coefficient (Wildman–Crippen LogP) is 2.54. The summed E-state index contributed by atoms with van der Waals surface area (Å²) < 4.78 is 0. The summed E-state index contributed by atoms with van der Waals surface area (Å²) in [5, 5.41) is 2.94. The molecule has 0 aromatic heterocycles. The number of carbonyl (C=O) groups is 1. The van der Waals surface area contributed by atoms with E-state index in [9.17, 15) is 4.79 Å². The highest BCUT2D eigenvalue weighted by Crippen LogP contribution is 2.10. The highest BCUT2D eigenvalue weighted by molar-refractivity contribution is 7.99. The molecule has 17 heavy (non-hydrogen) atoms. The Labute approximate surface area is 110 Å². The van der Waals surface area contributed by atoms with E-state index in [1.807, 2.05) is 11.8 Å². The van der Waals surface area contributed by atoms with E-state index in [1.165, 1.54) is 12.8 Å². The summed E-state index contributed by atoms with van der Waals surface area (Å²) in [5.74, 6) is 2.21. The van der Waals surface area contributed by atoms with E-state index in [0.717, 1.165) is 24.3 Å². The molecule has 102 valence electrons. The monoisotopic (exact) mass is 260 g/mol. The van der Waals surface area contributed by atoms with Crippen molar-refractivity contribution in [2.45, 2.75) is 58.4 Å². The number of thioether (sulfide) groups is 1. The maximum atomic E-state index is 11.6. The van der Waals surface area contributed by atoms with Gasteiger partial charge in [-0.25, -0.2) is 0 Å². The first-order valence-corrected chi connectivity index (χ1v) is 7.86. The first-order chi connectivity index (χ1) is 8.08. The smallest absolute Gasteiger partial charge is 0.220 e. The Bertz CT molecular complexity index is 206. The molecule has 0 radical (unpaired) electrons. The predicted molar refractivity (Wildman–Crippen MR) is 77.4 cm³/mol. The molecular weight excluding hydrogens is 232 g/mol. The summed E-state index contributed by atoms with van der Waals surface area (Å²) in [6.45, 7) is 6.91. The third-order valence-corrected chi connectivity index (χ3v) is 4.23. The van der Waals surface area contributed by atoms with Crippen molar-refractivity contribution >= 4 is 17.7 Å². The quantitative estimate of drug-likeness (QED) is 0.594. The lowest BCUT2D eigenvalue weighted by atomic mass is 9.94. The summed E-state index contributed by atoms with van der Waals surface area (Å²) in [4.78, 5) is 11.6. The van der Waals surface area contributed by atoms with Crippen LogP contribution < -0.4 is 11.1 Å². The number of rotatable bonds is 10. The number of carbonyl (C=O) groups excluding carboxylic acids is 1. The Morgan fingerprint density at radius 1 is 1.24 bits per heavy atom. The maximum absolute atomic E-state index is 11.6. The second-order valence-corrected chi connectivity index (χ2v) is 5.79. The lowest BCUT2D eigenvalue weighted by Crippen LogP contribution is -2.49. The van der Waals surface area contributed by atoms with E-state index in [2.05, 4.69) is 26.1 Å². The van der Waals surface area contributed by atoms with E-state index in [-0.39, 0.29) is 11.4 Å². The van der Waals surface area contributed by atoms with Crippen LogP contribution in [0.4, 0.5) is 0 Å². The van der Waals surface area contributed by atoms with Crippen molar-refractivity contribution in [3.8, 4) is 0 Å². The van der Waals surface area contributed by atoms with Gasteiger partial charge in [-0.15, -0.1) is 0 Å². The summed E-state index contributed by atoms with van der Waals surface area (Å²) in [5.41, 5.74) is 5.89. The molecule has 0 heterocycles. The van der Waals surface area contributed by atoms with Gasteiger partial charge in [-0.2, -0.15) is 11.8 Å². The van der Waals surface area contributed by atoms with Gasteiger partial charge >= 0.3 is 0 Å². The van der Waals surface area contributed by atoms with Crippen molar-refractivity contribution in [1.82, 2.24) is 5.32 Å². The van der Waals surface area contributed by atoms with Gasteiger partial charge in [-0.3, -0.25) is 4.79 Å². The molecule has 3 nitrogen and oxygen atoms in total. The molecule has 4 heteroatoms. The van der Waals surface area contributed by atoms with E-state index in [4.69, 9.17) is 5.73 Å². The number of amides is 1. The van der Waals surface area contributed by atoms with Crippen LogP contribution in [0.1, 0.15) is 52.9 Å². The minimum atomic E-state index is -0.231. The molecular formula is C13H28N2OS. The van der Waals surface area contributed by atoms with Crippen molar-refractivity contribution < 1.29 is 4.79 Å². The van der Waals surface area contributed by atoms with Crippen LogP contribution in [0.3, 0.4) is 0 Å². The Morgan fingerprint density at radius 3 is 2.41 bits per heavy atom. The van der Waals surface area contributed by atoms with Crippen molar-refractivity contribution in [3.05, 3.63) is 0 Å². The molecule has 1 amide bonds. The Morgan fingerprint density at radius 2 is 1.88 bits per heavy atom. The molecule has 0 saturated carbocycles. The fourth-order valence-electron chi connectivity index (χ4n) is 1.38. The lowest BCUT2D eigenvalue weighted by molar-refractivity contribution is -0.120. The average molecular weight is 260 g/mol. The van der Waals surface area contributed by atoms with Gasteiger partial charge in [-0.05, 0) is 25.0 Å². The number of nitrogens with two attached hydrogens (primary N) is 1. The summed E-state index contributed by atoms with van der Waals surface area (Å²) >= 11 is 1.86. The molecule has 0 rings (SSSR count). The van der Waals surface area contributed by atoms with Crippen LogP contribution in [0.2, 0.25) is 0 Å². The normalized spacial score (nSPS) is 11.5. The number of nitrogens with one attached hydrogen (secondary N) is 1. The molecule has 0 aliphatic carbocycles. The number of unbranched alkanes of at least 4 members (excludes halogenated alkanes) is 1. The van der Waals surface area contributed by atoms with Gasteiger partial charge in [0.1, 0.15) is 0 Å². The zero-order valence-corrected chi connectivity index (χ0v) is 12.4. The Hall–Kier alpha value is -0.220. The van der Waals surface area contributed by atoms with Crippen LogP contribution in [0.15, 0.2) is 0 Å². The zero-order valence-electron chi connectivity index (χ0n) is 11.6. The fourth-order valence-corrected chi connectivity index (χ4v) is 2.40. The number of hydrogen-bond donors (Lipinski definition) is 2. The lowest BCUT2D eigenvalue weighted by Gasteiger charge is -2.26. The minimum absolute atomic E-state index is 0.130. The molecule has 0 spiro atoms. The van der Waals surface area contributed by atoms with Gasteiger partial charge in [0.05, 0.1) is 0 Å². The van der Waals surface area contributed by atoms with Crippen LogP contribution in [-0.2, 0) is 4.79 Å². The fraction of sp³-hybridized carbons (Fsp3) is 0.923. The molecule has 0 aliphatic rings. The highest BCUT2D eigenvalue weighted by Gasteiger charge is 2.20. The van der Waals surface area contributed by atoms with E-state index >= 15 is 0 Å². The van der Waals surface area contributed by atoms with Crippen LogP contribution >= 0.6 is 11.8 Å². The third kappa shape index (κ3) is 8.50. The van der Waals surface area contributed by atoms with Crippen LogP contribution in [0.5, 0.6) is 0 Å². The SMILES string of the molecule is CCCCSCCC(=O)NCC(N)(CC)CC. The summed E-state index contributed by atoms with van der Waals surface area (Å²) in [6.07, 6.45) is 4.87. The summed E-state index contributed by atoms with van der Waals surface area (Å²) in [7, 11) is 0. The van der Waals surface area contributed by atoms with Gasteiger partial charge in [0.2, 0.25) is 5.91 Å². The molecule has 0 aliphatic heterocycles. The van der Waals surface area contributed by atoms with Gasteiger partial charge in [0, 0.05) is 24.3 Å². The second-order valence-electron chi connectivity index (χ2n) is 4.56. The minimum Gasteiger partial charge on any atom is -0.354 e. The highest BCUT2D eigenvalue weighted by atomic mass is 32.2. The molecule has 0 aromatic carbocycles. The first kappa shape index (κ1) is 16.8. The van der Waals surface area contributed by atoms with Crippen molar-refractivity contribution in [3.63, 3.8) is 0 Å². The first-order valence-electron chi connectivity index (χ1n) is 6.71. The van der Waals surface area contributed by atoms with Crippen LogP contribution in [0, 0.1) is 0 Å². The van der Waals surface area contributed by atoms with E-state index in [0.29, 0.717) is 13.0 Å². The van der Waals surface area contributed by atoms with Gasteiger partial charge < -0.3 is 11.1 Å². The van der Waals surface area contributed by atoms with Crippen molar-refractivity contribution in [2.75, 3.05) is 18.1 Å². The zero-order chi connectivity index (χ0) is 13.1. The molecule has 3 N–H and O–H groups in total. The Balaban J connectivity index is 3.59. The molecule has 0 bridgehead atoms. The molecule has 0 unspecified atom stereocenters. The van der Waals surface area contributed by atoms with Gasteiger partial charge in [0.15, 0.2) is 0 Å². The summed E-state index contributed by atoms with van der Waals surface area (Å²) in [6, 6.07) is 0. The largest absolute Gasteiger partial charge is 0.354 e. The number of hydrogen-bond acceptors (Lipinski definition) is 3. The van der Waals surface area contributed by atoms with Crippen LogP contribution in [0.25, 0.3) is 0 Å². The third-order valence-electron chi connectivity index (χ3n) is 3.16. The molecule has 0 fully saturated rings. The standard InChI is InChI=1S/C13H28N2OS/c1-4-7-9-17-10-8-12(16)15-11-13(14,5-2)6-3/h4-11,14H2,1-3H3,(H,15,16). The average Bonchev–Trinajstić information content (AvgIpc) is 2.35. The van der Waals surface area contributed by atoms with Crippen LogP contribution in [-0.4, -0.2) is 29.5 Å².